The first kappa shape index (κ1) is 16.8. The number of ether oxygens (including phenoxy) is 1. The van der Waals surface area contributed by atoms with E-state index in [0.29, 0.717) is 6.54 Å². The minimum atomic E-state index is 0.142. The monoisotopic (exact) mass is 344 g/mol. The number of piperazine rings is 1. The summed E-state index contributed by atoms with van der Waals surface area (Å²) < 4.78 is 5.12. The van der Waals surface area contributed by atoms with Crippen LogP contribution in [0.4, 0.5) is 5.69 Å². The van der Waals surface area contributed by atoms with E-state index >= 15 is 0 Å². The summed E-state index contributed by atoms with van der Waals surface area (Å²) in [7, 11) is 1.62. The average Bonchev–Trinajstić information content (AvgIpc) is 2.63. The predicted molar refractivity (Wildman–Crippen MR) is 97.4 cm³/mol. The lowest BCUT2D eigenvalue weighted by Crippen LogP contribution is -2.48. The number of carbonyl (C=O) groups excluding carboxylic acids is 1. The summed E-state index contributed by atoms with van der Waals surface area (Å²) in [5.74, 6) is 0.906. The SMILES string of the molecule is COc1ccc(C(=O)CN2CCN(c3ccccc3Cl)CC2)cc1. The lowest BCUT2D eigenvalue weighted by atomic mass is 10.1. The molecule has 0 atom stereocenters. The fraction of sp³-hybridized carbons (Fsp3) is 0.316. The highest BCUT2D eigenvalue weighted by molar-refractivity contribution is 6.33. The van der Waals surface area contributed by atoms with Gasteiger partial charge < -0.3 is 9.64 Å². The number of nitrogens with zero attached hydrogens (tertiary/aromatic N) is 2. The second kappa shape index (κ2) is 7.69. The summed E-state index contributed by atoms with van der Waals surface area (Å²) >= 11 is 6.26. The number of hydrogen-bond acceptors (Lipinski definition) is 4. The molecule has 1 aliphatic rings. The molecular weight excluding hydrogens is 324 g/mol. The van der Waals surface area contributed by atoms with E-state index in [2.05, 4.69) is 9.80 Å². The first-order valence-electron chi connectivity index (χ1n) is 8.06. The van der Waals surface area contributed by atoms with Gasteiger partial charge in [-0.25, -0.2) is 0 Å². The topological polar surface area (TPSA) is 32.8 Å². The number of halogens is 1. The Balaban J connectivity index is 1.55. The fourth-order valence-electron chi connectivity index (χ4n) is 2.93. The summed E-state index contributed by atoms with van der Waals surface area (Å²) in [6, 6.07) is 15.2. The van der Waals surface area contributed by atoms with Gasteiger partial charge in [-0.15, -0.1) is 0 Å². The Kier molecular flexibility index (Phi) is 5.38. The summed E-state index contributed by atoms with van der Waals surface area (Å²) in [6.45, 7) is 3.90. The van der Waals surface area contributed by atoms with Gasteiger partial charge in [0.1, 0.15) is 5.75 Å². The van der Waals surface area contributed by atoms with Crippen LogP contribution in [0.5, 0.6) is 5.75 Å². The number of ketones is 1. The number of anilines is 1. The van der Waals surface area contributed by atoms with Crippen LogP contribution in [0.15, 0.2) is 48.5 Å². The summed E-state index contributed by atoms with van der Waals surface area (Å²) in [4.78, 5) is 16.9. The molecule has 0 bridgehead atoms. The summed E-state index contributed by atoms with van der Waals surface area (Å²) in [5, 5.41) is 0.778. The quantitative estimate of drug-likeness (QED) is 0.779. The molecule has 0 aromatic heterocycles. The molecule has 2 aromatic carbocycles. The zero-order valence-corrected chi connectivity index (χ0v) is 14.5. The third-order valence-electron chi connectivity index (χ3n) is 4.34. The van der Waals surface area contributed by atoms with Crippen molar-refractivity contribution in [3.63, 3.8) is 0 Å². The van der Waals surface area contributed by atoms with Gasteiger partial charge >= 0.3 is 0 Å². The predicted octanol–water partition coefficient (Wildman–Crippen LogP) is 3.35. The zero-order valence-electron chi connectivity index (χ0n) is 13.7. The number of Topliss-reactive ketones (excluding diaryl/α,β-unsaturated/α-hetero) is 1. The van der Waals surface area contributed by atoms with Crippen molar-refractivity contribution < 1.29 is 9.53 Å². The molecule has 0 saturated carbocycles. The van der Waals surface area contributed by atoms with Gasteiger partial charge in [-0.05, 0) is 36.4 Å². The molecule has 5 heteroatoms. The molecule has 0 N–H and O–H groups in total. The molecule has 1 fully saturated rings. The van der Waals surface area contributed by atoms with Crippen LogP contribution in [0.25, 0.3) is 0 Å². The molecule has 3 rings (SSSR count). The van der Waals surface area contributed by atoms with Gasteiger partial charge in [0, 0.05) is 31.7 Å². The Morgan fingerprint density at radius 3 is 2.33 bits per heavy atom. The molecule has 0 spiro atoms. The fourth-order valence-corrected chi connectivity index (χ4v) is 3.18. The Morgan fingerprint density at radius 2 is 1.71 bits per heavy atom. The molecule has 0 unspecified atom stereocenters. The van der Waals surface area contributed by atoms with Crippen LogP contribution in [0.3, 0.4) is 0 Å². The largest absolute Gasteiger partial charge is 0.497 e. The van der Waals surface area contributed by atoms with Crippen LogP contribution in [0.2, 0.25) is 5.02 Å². The second-order valence-corrected chi connectivity index (χ2v) is 6.27. The third kappa shape index (κ3) is 3.89. The van der Waals surface area contributed by atoms with E-state index < -0.39 is 0 Å². The molecule has 126 valence electrons. The maximum absolute atomic E-state index is 12.4. The van der Waals surface area contributed by atoms with Gasteiger partial charge in [0.05, 0.1) is 24.4 Å². The highest BCUT2D eigenvalue weighted by Gasteiger charge is 2.20. The number of para-hydroxylation sites is 1. The molecule has 0 radical (unpaired) electrons. The molecule has 1 saturated heterocycles. The number of methoxy groups -OCH3 is 1. The number of hydrogen-bond donors (Lipinski definition) is 0. The average molecular weight is 345 g/mol. The molecule has 1 aliphatic heterocycles. The van der Waals surface area contributed by atoms with Crippen LogP contribution < -0.4 is 9.64 Å². The van der Waals surface area contributed by atoms with Crippen molar-refractivity contribution in [3.05, 3.63) is 59.1 Å². The van der Waals surface area contributed by atoms with Crippen molar-refractivity contribution in [1.29, 1.82) is 0 Å². The standard InChI is InChI=1S/C19H21ClN2O2/c1-24-16-8-6-15(7-9-16)19(23)14-21-10-12-22(13-11-21)18-5-3-2-4-17(18)20/h2-9H,10-14H2,1H3. The molecule has 4 nitrogen and oxygen atoms in total. The van der Waals surface area contributed by atoms with E-state index in [4.69, 9.17) is 16.3 Å². The third-order valence-corrected chi connectivity index (χ3v) is 4.66. The normalized spacial score (nSPS) is 15.3. The Labute approximate surface area is 147 Å². The number of benzene rings is 2. The second-order valence-electron chi connectivity index (χ2n) is 5.87. The van der Waals surface area contributed by atoms with E-state index in [0.717, 1.165) is 48.2 Å². The molecule has 2 aromatic rings. The lowest BCUT2D eigenvalue weighted by molar-refractivity contribution is 0.0926. The van der Waals surface area contributed by atoms with Gasteiger partial charge in [-0.1, -0.05) is 23.7 Å². The van der Waals surface area contributed by atoms with Crippen molar-refractivity contribution in [2.45, 2.75) is 0 Å². The first-order valence-corrected chi connectivity index (χ1v) is 8.44. The van der Waals surface area contributed by atoms with Crippen LogP contribution in [0, 0.1) is 0 Å². The van der Waals surface area contributed by atoms with Crippen molar-refractivity contribution >= 4 is 23.1 Å². The van der Waals surface area contributed by atoms with E-state index in [-0.39, 0.29) is 5.78 Å². The van der Waals surface area contributed by atoms with E-state index in [9.17, 15) is 4.79 Å². The van der Waals surface area contributed by atoms with Gasteiger partial charge in [0.25, 0.3) is 0 Å². The molecular formula is C19H21ClN2O2. The van der Waals surface area contributed by atoms with Crippen LogP contribution in [-0.4, -0.2) is 50.5 Å². The van der Waals surface area contributed by atoms with E-state index in [1.807, 2.05) is 48.5 Å². The molecule has 0 amide bonds. The maximum Gasteiger partial charge on any atom is 0.176 e. The van der Waals surface area contributed by atoms with E-state index in [1.165, 1.54) is 0 Å². The van der Waals surface area contributed by atoms with Crippen molar-refractivity contribution in [3.8, 4) is 5.75 Å². The van der Waals surface area contributed by atoms with Crippen molar-refractivity contribution in [2.24, 2.45) is 0 Å². The van der Waals surface area contributed by atoms with Crippen LogP contribution >= 0.6 is 11.6 Å². The van der Waals surface area contributed by atoms with Crippen LogP contribution in [-0.2, 0) is 0 Å². The van der Waals surface area contributed by atoms with Crippen molar-refractivity contribution in [1.82, 2.24) is 4.90 Å². The zero-order chi connectivity index (χ0) is 16.9. The molecule has 0 aliphatic carbocycles. The smallest absolute Gasteiger partial charge is 0.176 e. The summed E-state index contributed by atoms with van der Waals surface area (Å²) in [5.41, 5.74) is 1.80. The highest BCUT2D eigenvalue weighted by Crippen LogP contribution is 2.26. The number of rotatable bonds is 5. The van der Waals surface area contributed by atoms with Crippen LogP contribution in [0.1, 0.15) is 10.4 Å². The first-order chi connectivity index (χ1) is 11.7. The minimum absolute atomic E-state index is 0.142. The Morgan fingerprint density at radius 1 is 1.04 bits per heavy atom. The highest BCUT2D eigenvalue weighted by atomic mass is 35.5. The summed E-state index contributed by atoms with van der Waals surface area (Å²) in [6.07, 6.45) is 0. The minimum Gasteiger partial charge on any atom is -0.497 e. The number of carbonyl (C=O) groups is 1. The molecule has 24 heavy (non-hydrogen) atoms. The van der Waals surface area contributed by atoms with Gasteiger partial charge in [0.2, 0.25) is 0 Å². The van der Waals surface area contributed by atoms with Gasteiger partial charge in [0.15, 0.2) is 5.78 Å². The maximum atomic E-state index is 12.4. The van der Waals surface area contributed by atoms with E-state index in [1.54, 1.807) is 7.11 Å². The van der Waals surface area contributed by atoms with Gasteiger partial charge in [-0.3, -0.25) is 9.69 Å². The Hall–Kier alpha value is -2.04. The van der Waals surface area contributed by atoms with Gasteiger partial charge in [-0.2, -0.15) is 0 Å². The van der Waals surface area contributed by atoms with Crippen molar-refractivity contribution in [2.75, 3.05) is 44.7 Å². The lowest BCUT2D eigenvalue weighted by Gasteiger charge is -2.36. The molecule has 1 heterocycles. The Bertz CT molecular complexity index is 695.